The van der Waals surface area contributed by atoms with Gasteiger partial charge in [0.1, 0.15) is 11.6 Å². The van der Waals surface area contributed by atoms with E-state index >= 15 is 0 Å². The van der Waals surface area contributed by atoms with E-state index in [1.165, 1.54) is 0 Å². The number of anilines is 1. The first kappa shape index (κ1) is 28.0. The average Bonchev–Trinajstić information content (AvgIpc) is 3.54. The van der Waals surface area contributed by atoms with Crippen LogP contribution >= 0.6 is 0 Å². The molecule has 4 rings (SSSR count). The van der Waals surface area contributed by atoms with Crippen LogP contribution in [0.2, 0.25) is 0 Å². The van der Waals surface area contributed by atoms with Crippen molar-refractivity contribution in [1.29, 1.82) is 0 Å². The molecule has 2 bridgehead atoms. The number of rotatable bonds is 12. The van der Waals surface area contributed by atoms with E-state index < -0.39 is 29.6 Å². The summed E-state index contributed by atoms with van der Waals surface area (Å²) in [4.78, 5) is 47.4. The maximum absolute atomic E-state index is 14.5. The third kappa shape index (κ3) is 4.58. The van der Waals surface area contributed by atoms with Gasteiger partial charge in [-0.2, -0.15) is 0 Å². The Kier molecular flexibility index (Phi) is 8.43. The highest BCUT2D eigenvalue weighted by Crippen LogP contribution is 2.59. The number of aliphatic hydroxyl groups is 1. The van der Waals surface area contributed by atoms with E-state index in [-0.39, 0.29) is 37.4 Å². The molecule has 5 atom stereocenters. The zero-order chi connectivity index (χ0) is 27.6. The molecule has 0 saturated carbocycles. The Balaban J connectivity index is 1.77. The van der Waals surface area contributed by atoms with Crippen LogP contribution < -0.4 is 4.90 Å². The molecule has 1 N–H and O–H groups in total. The van der Waals surface area contributed by atoms with Crippen molar-refractivity contribution < 1.29 is 24.2 Å². The van der Waals surface area contributed by atoms with Crippen LogP contribution in [0.25, 0.3) is 0 Å². The minimum absolute atomic E-state index is 0.106. The number of likely N-dealkylation sites (tertiary alicyclic amines) is 1. The summed E-state index contributed by atoms with van der Waals surface area (Å²) in [5, 5.41) is 9.59. The molecule has 3 amide bonds. The van der Waals surface area contributed by atoms with Crippen molar-refractivity contribution in [3.8, 4) is 0 Å². The molecule has 3 heterocycles. The minimum atomic E-state index is -1.07. The second kappa shape index (κ2) is 11.4. The van der Waals surface area contributed by atoms with Crippen molar-refractivity contribution in [2.75, 3.05) is 37.7 Å². The molecule has 0 aliphatic carbocycles. The minimum Gasteiger partial charge on any atom is -0.396 e. The van der Waals surface area contributed by atoms with Crippen molar-refractivity contribution >= 4 is 23.4 Å². The predicted octanol–water partition coefficient (Wildman–Crippen LogP) is 3.00. The van der Waals surface area contributed by atoms with Gasteiger partial charge < -0.3 is 24.5 Å². The van der Waals surface area contributed by atoms with Crippen LogP contribution in [0, 0.1) is 25.7 Å². The molecule has 0 aromatic heterocycles. The Bertz CT molecular complexity index is 1100. The van der Waals surface area contributed by atoms with E-state index in [1.54, 1.807) is 26.9 Å². The molecule has 1 spiro atoms. The lowest BCUT2D eigenvalue weighted by Crippen LogP contribution is -2.57. The summed E-state index contributed by atoms with van der Waals surface area (Å²) in [7, 11) is 0. The monoisotopic (exact) mass is 523 g/mol. The van der Waals surface area contributed by atoms with Crippen LogP contribution in [0.1, 0.15) is 43.7 Å². The molecule has 8 heteroatoms. The van der Waals surface area contributed by atoms with Crippen molar-refractivity contribution in [2.45, 2.75) is 64.2 Å². The highest BCUT2D eigenvalue weighted by molar-refractivity contribution is 6.05. The number of amides is 3. The SMILES string of the molecule is C=CCN(CCC)C(=O)[C@@H]1[C@@H]2CCC3(O2)C(C(=O)N(CC=C)c2cc(C)ccc2C)N(CCCO)C(=O)[C@H]13. The van der Waals surface area contributed by atoms with Gasteiger partial charge in [-0.1, -0.05) is 31.2 Å². The summed E-state index contributed by atoms with van der Waals surface area (Å²) in [6.45, 7) is 15.0. The first-order valence-electron chi connectivity index (χ1n) is 13.7. The lowest BCUT2D eigenvalue weighted by molar-refractivity contribution is -0.145. The number of hydrogen-bond donors (Lipinski definition) is 1. The molecule has 1 aromatic carbocycles. The van der Waals surface area contributed by atoms with Gasteiger partial charge in [0.25, 0.3) is 5.91 Å². The molecule has 2 unspecified atom stereocenters. The van der Waals surface area contributed by atoms with Crippen LogP contribution in [-0.2, 0) is 19.1 Å². The summed E-state index contributed by atoms with van der Waals surface area (Å²) in [5.41, 5.74) is 1.66. The molecule has 8 nitrogen and oxygen atoms in total. The lowest BCUT2D eigenvalue weighted by atomic mass is 9.70. The Morgan fingerprint density at radius 1 is 1.21 bits per heavy atom. The lowest BCUT2D eigenvalue weighted by Gasteiger charge is -2.37. The molecular formula is C30H41N3O5. The van der Waals surface area contributed by atoms with Crippen molar-refractivity contribution in [3.63, 3.8) is 0 Å². The molecule has 38 heavy (non-hydrogen) atoms. The zero-order valence-corrected chi connectivity index (χ0v) is 22.9. The Morgan fingerprint density at radius 3 is 2.61 bits per heavy atom. The van der Waals surface area contributed by atoms with Crippen LogP contribution in [0.15, 0.2) is 43.5 Å². The standard InChI is InChI=1S/C30H41N3O5/c1-6-14-31(15-7-2)27(35)24-23-12-13-30(38-23)25(24)28(36)33(17-9-18-34)26(30)29(37)32(16-8-3)22-19-20(4)10-11-21(22)5/h6,8,10-11,19,23-26,34H,1,3,7,9,12-18H2,2,4-5H3/t23-,24+,25-,26?,30?/m0/s1. The summed E-state index contributed by atoms with van der Waals surface area (Å²) in [5.74, 6) is -1.94. The molecule has 3 saturated heterocycles. The van der Waals surface area contributed by atoms with Gasteiger partial charge in [0.2, 0.25) is 11.8 Å². The average molecular weight is 524 g/mol. The van der Waals surface area contributed by atoms with Gasteiger partial charge in [0.15, 0.2) is 0 Å². The highest BCUT2D eigenvalue weighted by atomic mass is 16.5. The van der Waals surface area contributed by atoms with Crippen LogP contribution in [0.4, 0.5) is 5.69 Å². The second-order valence-corrected chi connectivity index (χ2v) is 10.8. The van der Waals surface area contributed by atoms with Gasteiger partial charge >= 0.3 is 0 Å². The third-order valence-electron chi connectivity index (χ3n) is 8.26. The predicted molar refractivity (Wildman–Crippen MR) is 147 cm³/mol. The number of aliphatic hydroxyl groups excluding tert-OH is 1. The summed E-state index contributed by atoms with van der Waals surface area (Å²) >= 11 is 0. The maximum Gasteiger partial charge on any atom is 0.253 e. The molecule has 3 aliphatic heterocycles. The molecule has 206 valence electrons. The van der Waals surface area contributed by atoms with Gasteiger partial charge in [-0.3, -0.25) is 14.4 Å². The normalized spacial score (nSPS) is 27.4. The fourth-order valence-corrected chi connectivity index (χ4v) is 6.72. The first-order valence-corrected chi connectivity index (χ1v) is 13.7. The Labute approximate surface area is 225 Å². The second-order valence-electron chi connectivity index (χ2n) is 10.8. The highest BCUT2D eigenvalue weighted by Gasteiger charge is 2.74. The number of aryl methyl sites for hydroxylation is 2. The summed E-state index contributed by atoms with van der Waals surface area (Å²) in [6, 6.07) is 5.07. The largest absolute Gasteiger partial charge is 0.396 e. The van der Waals surface area contributed by atoms with Crippen molar-refractivity contribution in [1.82, 2.24) is 9.80 Å². The zero-order valence-electron chi connectivity index (χ0n) is 22.9. The van der Waals surface area contributed by atoms with Gasteiger partial charge in [0, 0.05) is 38.5 Å². The van der Waals surface area contributed by atoms with Crippen molar-refractivity contribution in [3.05, 3.63) is 54.6 Å². The van der Waals surface area contributed by atoms with E-state index in [9.17, 15) is 19.5 Å². The molecular weight excluding hydrogens is 482 g/mol. The van der Waals surface area contributed by atoms with Crippen molar-refractivity contribution in [2.24, 2.45) is 11.8 Å². The fraction of sp³-hybridized carbons (Fsp3) is 0.567. The Morgan fingerprint density at radius 2 is 1.95 bits per heavy atom. The summed E-state index contributed by atoms with van der Waals surface area (Å²) < 4.78 is 6.58. The maximum atomic E-state index is 14.5. The number of fused-ring (bicyclic) bond motifs is 1. The number of ether oxygens (including phenoxy) is 1. The van der Waals surface area contributed by atoms with E-state index in [4.69, 9.17) is 4.74 Å². The van der Waals surface area contributed by atoms with Crippen LogP contribution in [0.5, 0.6) is 0 Å². The van der Waals surface area contributed by atoms with E-state index in [0.29, 0.717) is 32.4 Å². The summed E-state index contributed by atoms with van der Waals surface area (Å²) in [6.07, 6.45) is 5.27. The first-order chi connectivity index (χ1) is 18.2. The number of hydrogen-bond acceptors (Lipinski definition) is 5. The van der Waals surface area contributed by atoms with Gasteiger partial charge in [-0.25, -0.2) is 0 Å². The van der Waals surface area contributed by atoms with Crippen LogP contribution in [-0.4, -0.2) is 83.2 Å². The third-order valence-corrected chi connectivity index (χ3v) is 8.26. The number of nitrogens with zero attached hydrogens (tertiary/aromatic N) is 3. The van der Waals surface area contributed by atoms with Gasteiger partial charge in [-0.15, -0.1) is 13.2 Å². The smallest absolute Gasteiger partial charge is 0.253 e. The van der Waals surface area contributed by atoms with E-state index in [1.807, 2.05) is 39.0 Å². The number of carbonyl (C=O) groups excluding carboxylic acids is 3. The quantitative estimate of drug-likeness (QED) is 0.426. The molecule has 3 aliphatic rings. The van der Waals surface area contributed by atoms with Crippen LogP contribution in [0.3, 0.4) is 0 Å². The van der Waals surface area contributed by atoms with E-state index in [0.717, 1.165) is 23.2 Å². The Hall–Kier alpha value is -2.97. The number of benzene rings is 1. The van der Waals surface area contributed by atoms with E-state index in [2.05, 4.69) is 13.2 Å². The molecule has 1 aromatic rings. The number of carbonyl (C=O) groups is 3. The topological polar surface area (TPSA) is 90.4 Å². The molecule has 3 fully saturated rings. The fourth-order valence-electron chi connectivity index (χ4n) is 6.72. The van der Waals surface area contributed by atoms with Gasteiger partial charge in [-0.05, 0) is 56.7 Å². The molecule has 0 radical (unpaired) electrons. The van der Waals surface area contributed by atoms with Gasteiger partial charge in [0.05, 0.1) is 17.9 Å².